The van der Waals surface area contributed by atoms with Crippen molar-refractivity contribution in [3.8, 4) is 0 Å². The predicted molar refractivity (Wildman–Crippen MR) is 113 cm³/mol. The molecule has 0 bridgehead atoms. The minimum absolute atomic E-state index is 0.0852. The molecule has 0 aliphatic rings. The number of benzene rings is 1. The predicted octanol–water partition coefficient (Wildman–Crippen LogP) is 3.77. The molecule has 0 saturated heterocycles. The van der Waals surface area contributed by atoms with Crippen LogP contribution in [0.3, 0.4) is 0 Å². The van der Waals surface area contributed by atoms with Gasteiger partial charge < -0.3 is 0 Å². The van der Waals surface area contributed by atoms with E-state index < -0.39 is 0 Å². The first-order valence-electron chi connectivity index (χ1n) is 9.47. The van der Waals surface area contributed by atoms with Crippen molar-refractivity contribution in [1.82, 2.24) is 19.6 Å². The van der Waals surface area contributed by atoms with E-state index in [-0.39, 0.29) is 17.2 Å². The maximum Gasteiger partial charge on any atom is 0.277 e. The van der Waals surface area contributed by atoms with Crippen molar-refractivity contribution in [1.29, 1.82) is 0 Å². The summed E-state index contributed by atoms with van der Waals surface area (Å²) in [4.78, 5) is 35.9. The maximum atomic E-state index is 12.9. The molecule has 28 heavy (non-hydrogen) atoms. The number of unbranched alkanes of at least 4 members (excludes halogenated alkanes) is 1. The Morgan fingerprint density at radius 2 is 1.93 bits per heavy atom. The number of fused-ring (bicyclic) bond motifs is 1. The minimum atomic E-state index is -0.151. The lowest BCUT2D eigenvalue weighted by Gasteiger charge is -2.19. The number of hydrogen-bond donors (Lipinski definition) is 1. The number of aryl methyl sites for hydroxylation is 1. The van der Waals surface area contributed by atoms with Crippen molar-refractivity contribution in [2.24, 2.45) is 0 Å². The number of nitrogens with one attached hydrogen (secondary N) is 1. The number of anilines is 1. The van der Waals surface area contributed by atoms with Crippen LogP contribution in [0.25, 0.3) is 5.78 Å². The summed E-state index contributed by atoms with van der Waals surface area (Å²) in [6.45, 7) is 6.08. The molecule has 1 aromatic carbocycles. The smallest absolute Gasteiger partial charge is 0.277 e. The molecule has 7 nitrogen and oxygen atoms in total. The molecule has 148 valence electrons. The molecular weight excluding hydrogens is 422 g/mol. The van der Waals surface area contributed by atoms with Crippen LogP contribution in [0.5, 0.6) is 0 Å². The average molecular weight is 446 g/mol. The van der Waals surface area contributed by atoms with Crippen LogP contribution in [0.2, 0.25) is 0 Å². The number of halogens is 1. The molecule has 0 spiro atoms. The van der Waals surface area contributed by atoms with E-state index in [9.17, 15) is 9.59 Å². The molecule has 0 saturated carbocycles. The first-order chi connectivity index (χ1) is 13.4. The number of H-pyrrole nitrogens is 1. The standard InChI is InChI=1S/C20H24BrN5O2/c1-4-6-7-16-13(3)22-19-23-20(24-26(19)18(16)28)25(17(27)5-2)12-14-8-10-15(21)11-9-14/h8-11H,4-7,12H2,1-3H3,(H,22,23,24). The highest BCUT2D eigenvalue weighted by atomic mass is 79.9. The van der Waals surface area contributed by atoms with E-state index in [1.807, 2.05) is 31.2 Å². The van der Waals surface area contributed by atoms with Crippen molar-refractivity contribution >= 4 is 33.6 Å². The van der Waals surface area contributed by atoms with Crippen LogP contribution in [0.15, 0.2) is 33.5 Å². The van der Waals surface area contributed by atoms with E-state index >= 15 is 0 Å². The molecule has 0 aliphatic carbocycles. The Kier molecular flexibility index (Phi) is 6.28. The molecule has 0 atom stereocenters. The van der Waals surface area contributed by atoms with E-state index in [1.165, 1.54) is 4.52 Å². The Balaban J connectivity index is 2.02. The summed E-state index contributed by atoms with van der Waals surface area (Å²) in [6.07, 6.45) is 2.94. The molecule has 1 N–H and O–H groups in total. The van der Waals surface area contributed by atoms with E-state index in [0.29, 0.717) is 36.6 Å². The van der Waals surface area contributed by atoms with Crippen molar-refractivity contribution in [2.45, 2.75) is 53.0 Å². The number of rotatable bonds is 7. The van der Waals surface area contributed by atoms with Crippen LogP contribution in [0.4, 0.5) is 5.95 Å². The molecule has 0 aliphatic heterocycles. The summed E-state index contributed by atoms with van der Waals surface area (Å²) >= 11 is 3.42. The van der Waals surface area contributed by atoms with Gasteiger partial charge in [-0.2, -0.15) is 9.50 Å². The third-order valence-corrected chi connectivity index (χ3v) is 5.21. The fraction of sp³-hybridized carbons (Fsp3) is 0.400. The third-order valence-electron chi connectivity index (χ3n) is 4.68. The third kappa shape index (κ3) is 4.16. The van der Waals surface area contributed by atoms with E-state index in [2.05, 4.69) is 37.9 Å². The van der Waals surface area contributed by atoms with Crippen molar-refractivity contribution in [3.63, 3.8) is 0 Å². The summed E-state index contributed by atoms with van der Waals surface area (Å²) in [7, 11) is 0. The van der Waals surface area contributed by atoms with Crippen LogP contribution in [-0.2, 0) is 17.8 Å². The fourth-order valence-corrected chi connectivity index (χ4v) is 3.31. The van der Waals surface area contributed by atoms with Gasteiger partial charge in [-0.25, -0.2) is 4.98 Å². The van der Waals surface area contributed by atoms with E-state index in [1.54, 1.807) is 11.8 Å². The summed E-state index contributed by atoms with van der Waals surface area (Å²) in [5.41, 5.74) is 2.20. The second-order valence-corrected chi connectivity index (χ2v) is 7.64. The Hall–Kier alpha value is -2.48. The molecule has 3 aromatic rings. The summed E-state index contributed by atoms with van der Waals surface area (Å²) in [5.74, 6) is 0.520. The van der Waals surface area contributed by atoms with Gasteiger partial charge in [0.15, 0.2) is 0 Å². The highest BCUT2D eigenvalue weighted by Crippen LogP contribution is 2.17. The van der Waals surface area contributed by atoms with Crippen LogP contribution in [0.1, 0.15) is 49.9 Å². The number of carbonyl (C=O) groups excluding carboxylic acids is 1. The Morgan fingerprint density at radius 3 is 2.57 bits per heavy atom. The van der Waals surface area contributed by atoms with Crippen LogP contribution in [0, 0.1) is 6.92 Å². The van der Waals surface area contributed by atoms with Crippen molar-refractivity contribution < 1.29 is 4.79 Å². The maximum absolute atomic E-state index is 12.9. The normalized spacial score (nSPS) is 11.1. The molecule has 3 rings (SSSR count). The van der Waals surface area contributed by atoms with Gasteiger partial charge in [-0.1, -0.05) is 48.3 Å². The van der Waals surface area contributed by atoms with Gasteiger partial charge >= 0.3 is 0 Å². The largest absolute Gasteiger partial charge is 0.277 e. The van der Waals surface area contributed by atoms with Gasteiger partial charge in [-0.3, -0.25) is 19.6 Å². The SMILES string of the molecule is CCCCc1c(C)nc2nc(N(Cc3ccc(Br)cc3)C(=O)CC)[nH]n2c1=O. The molecule has 2 aromatic heterocycles. The molecule has 0 fully saturated rings. The molecule has 2 heterocycles. The van der Waals surface area contributed by atoms with Gasteiger partial charge in [0, 0.05) is 16.5 Å². The van der Waals surface area contributed by atoms with Gasteiger partial charge in [0.2, 0.25) is 11.9 Å². The van der Waals surface area contributed by atoms with Crippen LogP contribution < -0.4 is 10.5 Å². The first kappa shape index (κ1) is 20.3. The topological polar surface area (TPSA) is 83.4 Å². The number of carbonyl (C=O) groups is 1. The fourth-order valence-electron chi connectivity index (χ4n) is 3.05. The van der Waals surface area contributed by atoms with Crippen LogP contribution >= 0.6 is 15.9 Å². The van der Waals surface area contributed by atoms with Crippen molar-refractivity contribution in [3.05, 3.63) is 55.9 Å². The van der Waals surface area contributed by atoms with Gasteiger partial charge in [-0.15, -0.1) is 0 Å². The van der Waals surface area contributed by atoms with E-state index in [4.69, 9.17) is 0 Å². The van der Waals surface area contributed by atoms with Gasteiger partial charge in [0.05, 0.1) is 12.2 Å². The molecule has 0 unspecified atom stereocenters. The second kappa shape index (κ2) is 8.68. The molecule has 8 heteroatoms. The van der Waals surface area contributed by atoms with Gasteiger partial charge in [0.1, 0.15) is 0 Å². The van der Waals surface area contributed by atoms with Crippen LogP contribution in [-0.4, -0.2) is 25.5 Å². The number of amides is 1. The summed E-state index contributed by atoms with van der Waals surface area (Å²) in [6, 6.07) is 7.75. The minimum Gasteiger partial charge on any atom is -0.277 e. The lowest BCUT2D eigenvalue weighted by atomic mass is 10.1. The average Bonchev–Trinajstić information content (AvgIpc) is 3.10. The first-order valence-corrected chi connectivity index (χ1v) is 10.3. The zero-order valence-corrected chi connectivity index (χ0v) is 17.9. The molecule has 1 amide bonds. The molecule has 0 radical (unpaired) electrons. The van der Waals surface area contributed by atoms with E-state index in [0.717, 1.165) is 22.9 Å². The summed E-state index contributed by atoms with van der Waals surface area (Å²) in [5, 5.41) is 2.98. The second-order valence-electron chi connectivity index (χ2n) is 6.73. The lowest BCUT2D eigenvalue weighted by molar-refractivity contribution is -0.118. The quantitative estimate of drug-likeness (QED) is 0.599. The number of hydrogen-bond acceptors (Lipinski definition) is 4. The lowest BCUT2D eigenvalue weighted by Crippen LogP contribution is -2.31. The highest BCUT2D eigenvalue weighted by molar-refractivity contribution is 9.10. The van der Waals surface area contributed by atoms with Gasteiger partial charge in [-0.05, 0) is 37.5 Å². The highest BCUT2D eigenvalue weighted by Gasteiger charge is 2.21. The monoisotopic (exact) mass is 445 g/mol. The Bertz CT molecular complexity index is 1040. The van der Waals surface area contributed by atoms with Crippen molar-refractivity contribution in [2.75, 3.05) is 4.90 Å². The molecular formula is C20H24BrN5O2. The van der Waals surface area contributed by atoms with Gasteiger partial charge in [0.25, 0.3) is 11.3 Å². The number of nitrogens with zero attached hydrogens (tertiary/aromatic N) is 4. The zero-order valence-electron chi connectivity index (χ0n) is 16.3. The summed E-state index contributed by atoms with van der Waals surface area (Å²) < 4.78 is 2.31. The Labute approximate surface area is 171 Å². The Morgan fingerprint density at radius 1 is 1.21 bits per heavy atom. The zero-order chi connectivity index (χ0) is 20.3. The number of aromatic nitrogens is 4. The number of aromatic amines is 1.